The molecule has 0 unspecified atom stereocenters. The van der Waals surface area contributed by atoms with E-state index in [0.29, 0.717) is 0 Å². The molecule has 1 aromatic carbocycles. The summed E-state index contributed by atoms with van der Waals surface area (Å²) in [5, 5.41) is 1.20. The molecule has 1 heterocycles. The van der Waals surface area contributed by atoms with Gasteiger partial charge in [0.15, 0.2) is 0 Å². The molecule has 98 valence electrons. The first-order valence-corrected chi connectivity index (χ1v) is 12.1. The molecule has 0 aliphatic heterocycles. The molecule has 0 N–H and O–H groups in total. The second kappa shape index (κ2) is 11.2. The van der Waals surface area contributed by atoms with Crippen LogP contribution in [0.25, 0.3) is 10.9 Å². The van der Waals surface area contributed by atoms with Crippen LogP contribution < -0.4 is 0 Å². The second-order valence-electron chi connectivity index (χ2n) is 2.98. The van der Waals surface area contributed by atoms with Gasteiger partial charge in [0.2, 0.25) is 0 Å². The Labute approximate surface area is 121 Å². The molecule has 0 saturated heterocycles. The molecule has 2 rings (SSSR count). The van der Waals surface area contributed by atoms with E-state index in [0.717, 1.165) is 5.52 Å². The molecule has 0 fully saturated rings. The predicted octanol–water partition coefficient (Wildman–Crippen LogP) is 3.61. The Hall–Kier alpha value is 0.0483. The van der Waals surface area contributed by atoms with Crippen molar-refractivity contribution in [1.29, 1.82) is 0 Å². The maximum Gasteiger partial charge on any atom is 0.0701 e. The van der Waals surface area contributed by atoms with Crippen LogP contribution in [0.3, 0.4) is 0 Å². The van der Waals surface area contributed by atoms with E-state index in [1.165, 1.54) is 5.39 Å². The number of nitrogens with zero attached hydrogens (tertiary/aromatic N) is 1. The third kappa shape index (κ3) is 9.72. The monoisotopic (exact) mass is 472 g/mol. The van der Waals surface area contributed by atoms with Crippen LogP contribution >= 0.6 is 18.8 Å². The minimum atomic E-state index is -0.611. The van der Waals surface area contributed by atoms with Crippen molar-refractivity contribution in [3.05, 3.63) is 42.6 Å². The second-order valence-corrected chi connectivity index (χ2v) is 7.75. The first-order valence-electron chi connectivity index (χ1n) is 4.49. The Morgan fingerprint density at radius 3 is 2.12 bits per heavy atom. The van der Waals surface area contributed by atoms with Gasteiger partial charge in [0.1, 0.15) is 0 Å². The van der Waals surface area contributed by atoms with Crippen LogP contribution in [0.1, 0.15) is 0 Å². The van der Waals surface area contributed by atoms with Gasteiger partial charge in [-0.05, 0) is 12.1 Å². The van der Waals surface area contributed by atoms with Gasteiger partial charge in [-0.15, -0.1) is 0 Å². The van der Waals surface area contributed by atoms with Gasteiger partial charge in [-0.2, -0.15) is 0 Å². The number of pyridine rings is 1. The van der Waals surface area contributed by atoms with Crippen molar-refractivity contribution < 1.29 is 20.7 Å². The maximum absolute atomic E-state index is 9.56. The molecule has 0 amide bonds. The van der Waals surface area contributed by atoms with Gasteiger partial charge in [-0.3, -0.25) is 9.19 Å². The molecule has 2 aromatic rings. The molecule has 0 aliphatic rings. The Morgan fingerprint density at radius 1 is 1.12 bits per heavy atom. The number of benzene rings is 1. The largest absolute Gasteiger partial charge is 0.256 e. The molecule has 0 radical (unpaired) electrons. The molecule has 2 nitrogen and oxygen atoms in total. The standard InChI is InChI=1S/C9H7N.C2H6OS.2ClH.Pt/c1-2-6-9-8(4-1)5-3-7-10-9;1-4(2)3;;;/h1-7H;1-2H3;2*1H;/q;;;;+2/p-2. The van der Waals surface area contributed by atoms with Crippen molar-refractivity contribution in [3.8, 4) is 0 Å². The first-order chi connectivity index (χ1) is 8.11. The van der Waals surface area contributed by atoms with Gasteiger partial charge in [0, 0.05) is 34.9 Å². The van der Waals surface area contributed by atoms with Gasteiger partial charge in [-0.25, -0.2) is 0 Å². The number of aromatic nitrogens is 1. The van der Waals surface area contributed by atoms with Crippen LogP contribution in [0.2, 0.25) is 0 Å². The van der Waals surface area contributed by atoms with Crippen molar-refractivity contribution in [2.75, 3.05) is 12.5 Å². The summed E-state index contributed by atoms with van der Waals surface area (Å²) in [6.07, 6.45) is 5.09. The Balaban J connectivity index is 0.000000311. The molecular weight excluding hydrogens is 460 g/mol. The first kappa shape index (κ1) is 17.0. The zero-order valence-corrected chi connectivity index (χ0v) is 14.0. The quantitative estimate of drug-likeness (QED) is 0.586. The summed E-state index contributed by atoms with van der Waals surface area (Å²) in [4.78, 5) is 4.18. The maximum atomic E-state index is 9.56. The third-order valence-electron chi connectivity index (χ3n) is 1.51. The summed E-state index contributed by atoms with van der Waals surface area (Å²) in [5.74, 6) is 0. The Kier molecular flexibility index (Phi) is 11.2. The fourth-order valence-corrected chi connectivity index (χ4v) is 1.02. The summed E-state index contributed by atoms with van der Waals surface area (Å²) >= 11 is -0.472. The Morgan fingerprint density at radius 2 is 1.59 bits per heavy atom. The molecule has 0 saturated carbocycles. The zero-order valence-electron chi connectivity index (χ0n) is 9.38. The molecule has 0 atom stereocenters. The fraction of sp³-hybridized carbons (Fsp3) is 0.182. The van der Waals surface area contributed by atoms with E-state index in [4.69, 9.17) is 18.8 Å². The van der Waals surface area contributed by atoms with Crippen molar-refractivity contribution in [3.63, 3.8) is 0 Å². The van der Waals surface area contributed by atoms with Crippen LogP contribution in [0, 0.1) is 0 Å². The van der Waals surface area contributed by atoms with Gasteiger partial charge in [0.05, 0.1) is 5.52 Å². The van der Waals surface area contributed by atoms with E-state index in [2.05, 4.69) is 17.1 Å². The van der Waals surface area contributed by atoms with Crippen LogP contribution in [0.4, 0.5) is 0 Å². The summed E-state index contributed by atoms with van der Waals surface area (Å²) in [6.45, 7) is 0. The number of rotatable bonds is 0. The van der Waals surface area contributed by atoms with Crippen molar-refractivity contribution >= 4 is 40.5 Å². The van der Waals surface area contributed by atoms with Crippen molar-refractivity contribution in [1.82, 2.24) is 4.98 Å². The van der Waals surface area contributed by atoms with Gasteiger partial charge in [-0.1, -0.05) is 24.3 Å². The van der Waals surface area contributed by atoms with Crippen molar-refractivity contribution in [2.24, 2.45) is 0 Å². The van der Waals surface area contributed by atoms with Crippen LogP contribution in [-0.2, 0) is 27.3 Å². The minimum Gasteiger partial charge on any atom is -0.256 e. The molecular formula is C11H13Cl2NOPtS. The summed E-state index contributed by atoms with van der Waals surface area (Å²) < 4.78 is 9.56. The summed E-state index contributed by atoms with van der Waals surface area (Å²) in [6, 6.07) is 12.1. The number of halogens is 2. The smallest absolute Gasteiger partial charge is 0.0701 e. The van der Waals surface area contributed by atoms with Gasteiger partial charge >= 0.3 is 35.3 Å². The van der Waals surface area contributed by atoms with Crippen LogP contribution in [-0.4, -0.2) is 21.7 Å². The van der Waals surface area contributed by atoms with Gasteiger partial charge in [0.25, 0.3) is 0 Å². The van der Waals surface area contributed by atoms with E-state index in [-0.39, 0.29) is 0 Å². The molecule has 1 aromatic heterocycles. The topological polar surface area (TPSA) is 30.0 Å². The van der Waals surface area contributed by atoms with Crippen LogP contribution in [0.15, 0.2) is 42.6 Å². The van der Waals surface area contributed by atoms with E-state index < -0.39 is 27.3 Å². The molecule has 6 heteroatoms. The number of hydrogen-bond donors (Lipinski definition) is 0. The fourth-order valence-electron chi connectivity index (χ4n) is 1.02. The third-order valence-corrected chi connectivity index (χ3v) is 1.51. The molecule has 0 aliphatic carbocycles. The van der Waals surface area contributed by atoms with E-state index in [1.54, 1.807) is 12.5 Å². The van der Waals surface area contributed by atoms with Crippen LogP contribution in [0.5, 0.6) is 0 Å². The van der Waals surface area contributed by atoms with E-state index in [9.17, 15) is 4.21 Å². The number of fused-ring (bicyclic) bond motifs is 1. The molecule has 0 bridgehead atoms. The summed E-state index contributed by atoms with van der Waals surface area (Å²) in [5.41, 5.74) is 1.06. The predicted molar refractivity (Wildman–Crippen MR) is 73.4 cm³/mol. The minimum absolute atomic E-state index is 0.472. The van der Waals surface area contributed by atoms with E-state index in [1.807, 2.05) is 30.5 Å². The van der Waals surface area contributed by atoms with Crippen molar-refractivity contribution in [2.45, 2.75) is 0 Å². The Bertz CT molecular complexity index is 387. The van der Waals surface area contributed by atoms with Gasteiger partial charge < -0.3 is 0 Å². The average Bonchev–Trinajstić information content (AvgIpc) is 2.29. The normalized spacial score (nSPS) is 9.24. The molecule has 17 heavy (non-hydrogen) atoms. The number of hydrogen-bond acceptors (Lipinski definition) is 2. The summed E-state index contributed by atoms with van der Waals surface area (Å²) in [7, 11) is 9.14. The zero-order chi connectivity index (χ0) is 13.1. The average molecular weight is 473 g/mol. The SMILES string of the molecule is CS(C)=O.[Cl][Pt][Cl].c1ccc2ncccc2c1. The molecule has 0 spiro atoms. The number of para-hydroxylation sites is 1. The van der Waals surface area contributed by atoms with E-state index >= 15 is 0 Å².